The third-order valence-corrected chi connectivity index (χ3v) is 4.24. The predicted octanol–water partition coefficient (Wildman–Crippen LogP) is 3.45. The minimum atomic E-state index is -3.57. The summed E-state index contributed by atoms with van der Waals surface area (Å²) < 4.78 is 38.7. The largest absolute Gasteiger partial charge is 0.264 e. The Hall–Kier alpha value is -1.59. The van der Waals surface area contributed by atoms with E-state index in [4.69, 9.17) is 11.6 Å². The van der Waals surface area contributed by atoms with Crippen LogP contribution in [-0.4, -0.2) is 14.7 Å². The average Bonchev–Trinajstić information content (AvgIpc) is 2.38. The highest BCUT2D eigenvalue weighted by Crippen LogP contribution is 2.29. The van der Waals surface area contributed by atoms with Crippen LogP contribution in [0, 0.1) is 5.82 Å². The summed E-state index contributed by atoms with van der Waals surface area (Å²) in [6.07, 6.45) is 1.07. The van der Waals surface area contributed by atoms with Gasteiger partial charge in [0.1, 0.15) is 5.82 Å². The van der Waals surface area contributed by atoms with Gasteiger partial charge in [-0.3, -0.25) is 4.31 Å². The molecule has 0 heterocycles. The molecule has 0 aliphatic carbocycles. The van der Waals surface area contributed by atoms with Gasteiger partial charge in [0.15, 0.2) is 0 Å². The summed E-state index contributed by atoms with van der Waals surface area (Å²) in [6.45, 7) is -0.102. The fourth-order valence-corrected chi connectivity index (χ4v) is 2.99. The number of hydrogen-bond donors (Lipinski definition) is 0. The number of benzene rings is 2. The smallest absolute Gasteiger partial charge is 0.232 e. The predicted molar refractivity (Wildman–Crippen MR) is 78.9 cm³/mol. The second kappa shape index (κ2) is 5.81. The number of para-hydroxylation sites is 1. The molecule has 3 nitrogen and oxygen atoms in total. The van der Waals surface area contributed by atoms with Crippen molar-refractivity contribution in [1.29, 1.82) is 0 Å². The average molecular weight is 314 g/mol. The Balaban J connectivity index is 2.46. The Kier molecular flexibility index (Phi) is 4.30. The van der Waals surface area contributed by atoms with E-state index in [1.54, 1.807) is 42.5 Å². The SMILES string of the molecule is CS(=O)(=O)N(Cc1ccccc1F)c1ccccc1Cl. The normalized spacial score (nSPS) is 11.3. The van der Waals surface area contributed by atoms with Crippen LogP contribution >= 0.6 is 11.6 Å². The minimum absolute atomic E-state index is 0.102. The number of anilines is 1. The maximum atomic E-state index is 13.7. The summed E-state index contributed by atoms with van der Waals surface area (Å²) in [4.78, 5) is 0. The van der Waals surface area contributed by atoms with Gasteiger partial charge in [-0.05, 0) is 18.2 Å². The lowest BCUT2D eigenvalue weighted by Gasteiger charge is -2.23. The van der Waals surface area contributed by atoms with Gasteiger partial charge in [0.2, 0.25) is 10.0 Å². The molecule has 2 aromatic carbocycles. The summed E-state index contributed by atoms with van der Waals surface area (Å²) in [6, 6.07) is 12.6. The lowest BCUT2D eigenvalue weighted by atomic mass is 10.2. The van der Waals surface area contributed by atoms with Gasteiger partial charge in [-0.2, -0.15) is 0 Å². The zero-order valence-electron chi connectivity index (χ0n) is 10.8. The molecular weight excluding hydrogens is 301 g/mol. The van der Waals surface area contributed by atoms with Crippen molar-refractivity contribution in [2.75, 3.05) is 10.6 Å². The highest BCUT2D eigenvalue weighted by atomic mass is 35.5. The molecule has 0 spiro atoms. The quantitative estimate of drug-likeness (QED) is 0.867. The molecule has 106 valence electrons. The molecule has 0 saturated carbocycles. The first-order valence-electron chi connectivity index (χ1n) is 5.85. The summed E-state index contributed by atoms with van der Waals surface area (Å²) in [5.74, 6) is -0.451. The van der Waals surface area contributed by atoms with E-state index in [-0.39, 0.29) is 12.1 Å². The Morgan fingerprint density at radius 3 is 2.30 bits per heavy atom. The van der Waals surface area contributed by atoms with Crippen molar-refractivity contribution < 1.29 is 12.8 Å². The van der Waals surface area contributed by atoms with E-state index in [1.807, 2.05) is 0 Å². The fourth-order valence-electron chi connectivity index (χ4n) is 1.82. The van der Waals surface area contributed by atoms with E-state index < -0.39 is 15.8 Å². The second-order valence-corrected chi connectivity index (χ2v) is 6.63. The van der Waals surface area contributed by atoms with Crippen molar-refractivity contribution in [3.05, 3.63) is 64.9 Å². The van der Waals surface area contributed by atoms with E-state index >= 15 is 0 Å². The Morgan fingerprint density at radius 2 is 1.70 bits per heavy atom. The van der Waals surface area contributed by atoms with E-state index in [1.165, 1.54) is 6.07 Å². The van der Waals surface area contributed by atoms with Crippen molar-refractivity contribution in [3.8, 4) is 0 Å². The first-order valence-corrected chi connectivity index (χ1v) is 8.08. The van der Waals surface area contributed by atoms with Gasteiger partial charge >= 0.3 is 0 Å². The molecule has 0 aromatic heterocycles. The molecule has 0 unspecified atom stereocenters. The molecule has 0 aliphatic heterocycles. The maximum Gasteiger partial charge on any atom is 0.232 e. The van der Waals surface area contributed by atoms with Crippen molar-refractivity contribution in [2.24, 2.45) is 0 Å². The number of halogens is 2. The summed E-state index contributed by atoms with van der Waals surface area (Å²) in [5.41, 5.74) is 0.623. The van der Waals surface area contributed by atoms with Gasteiger partial charge in [0.25, 0.3) is 0 Å². The van der Waals surface area contributed by atoms with Crippen LogP contribution < -0.4 is 4.31 Å². The molecular formula is C14H13ClFNO2S. The number of hydrogen-bond acceptors (Lipinski definition) is 2. The Morgan fingerprint density at radius 1 is 1.10 bits per heavy atom. The summed E-state index contributed by atoms with van der Waals surface area (Å²) in [7, 11) is -3.57. The highest BCUT2D eigenvalue weighted by Gasteiger charge is 2.21. The van der Waals surface area contributed by atoms with E-state index in [9.17, 15) is 12.8 Å². The molecule has 2 rings (SSSR count). The monoisotopic (exact) mass is 313 g/mol. The van der Waals surface area contributed by atoms with E-state index in [0.29, 0.717) is 10.7 Å². The van der Waals surface area contributed by atoms with E-state index in [0.717, 1.165) is 10.6 Å². The summed E-state index contributed by atoms with van der Waals surface area (Å²) in [5, 5.41) is 0.300. The van der Waals surface area contributed by atoms with Crippen LogP contribution in [0.2, 0.25) is 5.02 Å². The first-order chi connectivity index (χ1) is 9.39. The van der Waals surface area contributed by atoms with Crippen LogP contribution in [0.5, 0.6) is 0 Å². The van der Waals surface area contributed by atoms with Crippen LogP contribution in [0.3, 0.4) is 0 Å². The van der Waals surface area contributed by atoms with Gasteiger partial charge in [0.05, 0.1) is 23.5 Å². The zero-order valence-corrected chi connectivity index (χ0v) is 12.3. The molecule has 0 saturated heterocycles. The van der Waals surface area contributed by atoms with Crippen molar-refractivity contribution in [1.82, 2.24) is 0 Å². The molecule has 6 heteroatoms. The summed E-state index contributed by atoms with van der Waals surface area (Å²) >= 11 is 6.03. The van der Waals surface area contributed by atoms with Gasteiger partial charge in [-0.25, -0.2) is 12.8 Å². The molecule has 0 radical (unpaired) electrons. The molecule has 2 aromatic rings. The van der Waals surface area contributed by atoms with Gasteiger partial charge in [-0.15, -0.1) is 0 Å². The number of sulfonamides is 1. The second-order valence-electron chi connectivity index (χ2n) is 4.31. The molecule has 0 bridgehead atoms. The van der Waals surface area contributed by atoms with Crippen LogP contribution in [0.1, 0.15) is 5.56 Å². The lowest BCUT2D eigenvalue weighted by molar-refractivity contribution is 0.590. The molecule has 20 heavy (non-hydrogen) atoms. The number of nitrogens with zero attached hydrogens (tertiary/aromatic N) is 1. The minimum Gasteiger partial charge on any atom is -0.264 e. The maximum absolute atomic E-state index is 13.7. The van der Waals surface area contributed by atoms with Crippen molar-refractivity contribution in [2.45, 2.75) is 6.54 Å². The van der Waals surface area contributed by atoms with Gasteiger partial charge in [-0.1, -0.05) is 41.9 Å². The Bertz CT molecular complexity index is 719. The molecule has 0 N–H and O–H groups in total. The van der Waals surface area contributed by atoms with E-state index in [2.05, 4.69) is 0 Å². The fraction of sp³-hybridized carbons (Fsp3) is 0.143. The standard InChI is InChI=1S/C14H13ClFNO2S/c1-20(18,19)17(14-9-5-3-7-12(14)15)10-11-6-2-4-8-13(11)16/h2-9H,10H2,1H3. The Labute approximate surface area is 122 Å². The molecule has 0 aliphatic rings. The lowest BCUT2D eigenvalue weighted by Crippen LogP contribution is -2.29. The number of rotatable bonds is 4. The molecule has 0 fully saturated rings. The first kappa shape index (κ1) is 14.8. The van der Waals surface area contributed by atoms with Crippen molar-refractivity contribution in [3.63, 3.8) is 0 Å². The van der Waals surface area contributed by atoms with Crippen LogP contribution in [0.4, 0.5) is 10.1 Å². The van der Waals surface area contributed by atoms with Crippen LogP contribution in [-0.2, 0) is 16.6 Å². The van der Waals surface area contributed by atoms with Crippen molar-refractivity contribution >= 4 is 27.3 Å². The molecule has 0 atom stereocenters. The third kappa shape index (κ3) is 3.29. The van der Waals surface area contributed by atoms with Crippen LogP contribution in [0.25, 0.3) is 0 Å². The highest BCUT2D eigenvalue weighted by molar-refractivity contribution is 7.92. The van der Waals surface area contributed by atoms with Crippen LogP contribution in [0.15, 0.2) is 48.5 Å². The third-order valence-electron chi connectivity index (χ3n) is 2.79. The van der Waals surface area contributed by atoms with Gasteiger partial charge < -0.3 is 0 Å². The zero-order chi connectivity index (χ0) is 14.8. The molecule has 0 amide bonds. The van der Waals surface area contributed by atoms with Gasteiger partial charge in [0, 0.05) is 5.56 Å². The topological polar surface area (TPSA) is 37.4 Å².